The van der Waals surface area contributed by atoms with E-state index in [1.807, 2.05) is 114 Å². The fourth-order valence-corrected chi connectivity index (χ4v) is 7.23. The van der Waals surface area contributed by atoms with Crippen LogP contribution in [0.25, 0.3) is 33.4 Å². The first-order valence-corrected chi connectivity index (χ1v) is 17.7. The molecule has 0 aromatic heterocycles. The standard InChI is InChI=1S/C42H39O7P/c1-25-7-22-37(28(4)40(25)43)31-10-16-34(17-11-31)47-50(46,48-35-18-12-32(13-19-35)38-23-8-26(2)41(44)29(38)5)49-36-20-14-33(15-21-36)39-24-9-27(3)42(45)30(39)6/h7-24,43-45H,1-6H3. The van der Waals surface area contributed by atoms with Crippen LogP contribution in [-0.2, 0) is 4.57 Å². The average molecular weight is 687 g/mol. The van der Waals surface area contributed by atoms with Gasteiger partial charge in [-0.3, -0.25) is 0 Å². The fraction of sp³-hybridized carbons (Fsp3) is 0.143. The topological polar surface area (TPSA) is 105 Å². The lowest BCUT2D eigenvalue weighted by Gasteiger charge is -2.20. The molecule has 0 bridgehead atoms. The molecule has 0 aliphatic carbocycles. The zero-order valence-electron chi connectivity index (χ0n) is 28.8. The van der Waals surface area contributed by atoms with Gasteiger partial charge in [0.2, 0.25) is 0 Å². The van der Waals surface area contributed by atoms with Crippen LogP contribution in [0.5, 0.6) is 34.5 Å². The Morgan fingerprint density at radius 2 is 0.620 bits per heavy atom. The second-order valence-electron chi connectivity index (χ2n) is 12.5. The van der Waals surface area contributed by atoms with Crippen molar-refractivity contribution in [2.24, 2.45) is 0 Å². The summed E-state index contributed by atoms with van der Waals surface area (Å²) in [6, 6.07) is 32.4. The molecule has 50 heavy (non-hydrogen) atoms. The molecule has 7 nitrogen and oxygen atoms in total. The SMILES string of the molecule is Cc1ccc(-c2ccc(OP(=O)(Oc3ccc(-c4ccc(C)c(O)c4C)cc3)Oc3ccc(-c4ccc(C)c(O)c4C)cc3)cc2)c(C)c1O. The molecule has 0 fully saturated rings. The Kier molecular flexibility index (Phi) is 9.37. The zero-order valence-corrected chi connectivity index (χ0v) is 29.7. The van der Waals surface area contributed by atoms with Gasteiger partial charge in [-0.15, -0.1) is 0 Å². The first-order chi connectivity index (χ1) is 23.8. The van der Waals surface area contributed by atoms with Gasteiger partial charge in [-0.25, -0.2) is 0 Å². The third-order valence-electron chi connectivity index (χ3n) is 9.05. The number of hydrogen-bond donors (Lipinski definition) is 3. The summed E-state index contributed by atoms with van der Waals surface area (Å²) in [5.41, 5.74) is 9.80. The molecule has 0 saturated heterocycles. The quantitative estimate of drug-likeness (QED) is 0.130. The van der Waals surface area contributed by atoms with Gasteiger partial charge < -0.3 is 28.9 Å². The lowest BCUT2D eigenvalue weighted by Crippen LogP contribution is -2.07. The number of aromatic hydroxyl groups is 3. The number of phosphoric ester groups is 1. The van der Waals surface area contributed by atoms with E-state index in [4.69, 9.17) is 13.6 Å². The molecule has 6 aromatic carbocycles. The summed E-state index contributed by atoms with van der Waals surface area (Å²) >= 11 is 0. The lowest BCUT2D eigenvalue weighted by atomic mass is 9.98. The maximum absolute atomic E-state index is 14.4. The smallest absolute Gasteiger partial charge is 0.507 e. The van der Waals surface area contributed by atoms with E-state index in [2.05, 4.69) is 0 Å². The third kappa shape index (κ3) is 6.91. The Labute approximate surface area is 292 Å². The minimum Gasteiger partial charge on any atom is -0.507 e. The van der Waals surface area contributed by atoms with Crippen LogP contribution in [-0.4, -0.2) is 15.3 Å². The molecule has 3 N–H and O–H groups in total. The fourth-order valence-electron chi connectivity index (χ4n) is 5.97. The van der Waals surface area contributed by atoms with Crippen molar-refractivity contribution in [3.05, 3.63) is 143 Å². The summed E-state index contributed by atoms with van der Waals surface area (Å²) < 4.78 is 32.4. The van der Waals surface area contributed by atoms with Crippen LogP contribution in [0.3, 0.4) is 0 Å². The largest absolute Gasteiger partial charge is 0.647 e. The van der Waals surface area contributed by atoms with E-state index in [1.54, 1.807) is 36.4 Å². The maximum Gasteiger partial charge on any atom is 0.647 e. The highest BCUT2D eigenvalue weighted by atomic mass is 31.2. The summed E-state index contributed by atoms with van der Waals surface area (Å²) in [4.78, 5) is 0. The molecule has 0 aliphatic rings. The van der Waals surface area contributed by atoms with Crippen LogP contribution in [0.1, 0.15) is 33.4 Å². The van der Waals surface area contributed by atoms with Gasteiger partial charge in [0.15, 0.2) is 0 Å². The summed E-state index contributed by atoms with van der Waals surface area (Å²) in [7, 11) is -4.34. The molecule has 0 atom stereocenters. The van der Waals surface area contributed by atoms with Gasteiger partial charge in [-0.05, 0) is 145 Å². The molecule has 8 heteroatoms. The van der Waals surface area contributed by atoms with Crippen molar-refractivity contribution in [1.82, 2.24) is 0 Å². The Hall–Kier alpha value is -5.65. The van der Waals surface area contributed by atoms with Crippen molar-refractivity contribution < 1.29 is 33.5 Å². The van der Waals surface area contributed by atoms with Crippen LogP contribution in [0, 0.1) is 41.5 Å². The van der Waals surface area contributed by atoms with Crippen molar-refractivity contribution in [3.8, 4) is 67.9 Å². The third-order valence-corrected chi connectivity index (χ3v) is 10.3. The first-order valence-electron chi connectivity index (χ1n) is 16.2. The van der Waals surface area contributed by atoms with Crippen LogP contribution in [0.2, 0.25) is 0 Å². The molecule has 6 aromatic rings. The van der Waals surface area contributed by atoms with Gasteiger partial charge in [0.1, 0.15) is 34.5 Å². The minimum absolute atomic E-state index is 0.245. The van der Waals surface area contributed by atoms with Crippen LogP contribution in [0.4, 0.5) is 0 Å². The minimum atomic E-state index is -4.34. The van der Waals surface area contributed by atoms with E-state index in [1.165, 1.54) is 0 Å². The first kappa shape index (κ1) is 34.2. The van der Waals surface area contributed by atoms with E-state index in [-0.39, 0.29) is 34.5 Å². The molecule has 6 rings (SSSR count). The van der Waals surface area contributed by atoms with Gasteiger partial charge in [0.25, 0.3) is 0 Å². The van der Waals surface area contributed by atoms with Crippen molar-refractivity contribution in [3.63, 3.8) is 0 Å². The van der Waals surface area contributed by atoms with E-state index in [0.29, 0.717) is 0 Å². The second kappa shape index (κ2) is 13.7. The summed E-state index contributed by atoms with van der Waals surface area (Å²) in [6.07, 6.45) is 0. The van der Waals surface area contributed by atoms with E-state index in [0.717, 1.165) is 66.8 Å². The molecule has 254 valence electrons. The van der Waals surface area contributed by atoms with E-state index in [9.17, 15) is 19.9 Å². The average Bonchev–Trinajstić information content (AvgIpc) is 3.10. The number of phenols is 3. The van der Waals surface area contributed by atoms with Gasteiger partial charge in [-0.2, -0.15) is 4.57 Å². The van der Waals surface area contributed by atoms with Crippen molar-refractivity contribution in [2.45, 2.75) is 41.5 Å². The highest BCUT2D eigenvalue weighted by Crippen LogP contribution is 2.50. The zero-order chi connectivity index (χ0) is 35.7. The van der Waals surface area contributed by atoms with Crippen molar-refractivity contribution in [1.29, 1.82) is 0 Å². The van der Waals surface area contributed by atoms with Gasteiger partial charge >= 0.3 is 7.82 Å². The molecule has 0 unspecified atom stereocenters. The Balaban J connectivity index is 1.30. The highest BCUT2D eigenvalue weighted by molar-refractivity contribution is 7.49. The number of phosphoric acid groups is 1. The summed E-state index contributed by atoms with van der Waals surface area (Å²) in [5, 5.41) is 31.4. The predicted octanol–water partition coefficient (Wildman–Crippen LogP) is 11.3. The Morgan fingerprint density at radius 3 is 0.860 bits per heavy atom. The van der Waals surface area contributed by atoms with Crippen molar-refractivity contribution in [2.75, 3.05) is 0 Å². The molecule has 0 heterocycles. The molecular weight excluding hydrogens is 647 g/mol. The second-order valence-corrected chi connectivity index (χ2v) is 13.9. The van der Waals surface area contributed by atoms with E-state index >= 15 is 0 Å². The van der Waals surface area contributed by atoms with Crippen LogP contribution in [0.15, 0.2) is 109 Å². The van der Waals surface area contributed by atoms with Crippen molar-refractivity contribution >= 4 is 7.82 Å². The number of benzene rings is 6. The summed E-state index contributed by atoms with van der Waals surface area (Å²) in [6.45, 7) is 11.1. The van der Waals surface area contributed by atoms with Crippen LogP contribution < -0.4 is 13.6 Å². The summed E-state index contributed by atoms with van der Waals surface area (Å²) in [5.74, 6) is 1.52. The Morgan fingerprint density at radius 1 is 0.380 bits per heavy atom. The van der Waals surface area contributed by atoms with Gasteiger partial charge in [-0.1, -0.05) is 72.8 Å². The molecule has 0 radical (unpaired) electrons. The predicted molar refractivity (Wildman–Crippen MR) is 199 cm³/mol. The highest BCUT2D eigenvalue weighted by Gasteiger charge is 2.33. The Bertz CT molecular complexity index is 1990. The molecule has 0 aliphatic heterocycles. The van der Waals surface area contributed by atoms with Gasteiger partial charge in [0.05, 0.1) is 0 Å². The molecule has 0 saturated carbocycles. The van der Waals surface area contributed by atoms with Crippen LogP contribution >= 0.6 is 7.82 Å². The number of phenolic OH excluding ortho intramolecular Hbond substituents is 3. The number of hydrogen-bond acceptors (Lipinski definition) is 7. The molecule has 0 amide bonds. The van der Waals surface area contributed by atoms with E-state index < -0.39 is 7.82 Å². The lowest BCUT2D eigenvalue weighted by molar-refractivity contribution is 0.298. The monoisotopic (exact) mass is 686 g/mol. The van der Waals surface area contributed by atoms with Gasteiger partial charge in [0, 0.05) is 0 Å². The molecular formula is C42H39O7P. The maximum atomic E-state index is 14.4. The normalized spacial score (nSPS) is 11.3. The molecule has 0 spiro atoms. The number of rotatable bonds is 9. The number of aryl methyl sites for hydroxylation is 3.